The third-order valence-corrected chi connectivity index (χ3v) is 5.02. The van der Waals surface area contributed by atoms with Gasteiger partial charge in [-0.15, -0.1) is 10.2 Å². The van der Waals surface area contributed by atoms with E-state index in [9.17, 15) is 0 Å². The molecule has 0 amide bonds. The van der Waals surface area contributed by atoms with Crippen molar-refractivity contribution < 1.29 is 4.52 Å². The zero-order valence-corrected chi connectivity index (χ0v) is 16.0. The summed E-state index contributed by atoms with van der Waals surface area (Å²) >= 11 is 1.53. The molecule has 0 saturated heterocycles. The fraction of sp³-hybridized carbons (Fsp3) is 0.200. The van der Waals surface area contributed by atoms with Crippen LogP contribution in [0.4, 0.5) is 0 Å². The van der Waals surface area contributed by atoms with Crippen LogP contribution in [0.3, 0.4) is 0 Å². The van der Waals surface area contributed by atoms with E-state index in [-0.39, 0.29) is 0 Å². The Bertz CT molecular complexity index is 1020. The smallest absolute Gasteiger partial charge is 0.237 e. The molecule has 6 nitrogen and oxygen atoms in total. The summed E-state index contributed by atoms with van der Waals surface area (Å²) in [5.74, 6) is 2.67. The minimum Gasteiger partial charge on any atom is -0.338 e. The molecule has 0 aliphatic heterocycles. The van der Waals surface area contributed by atoms with Gasteiger partial charge in [0.2, 0.25) is 5.89 Å². The van der Waals surface area contributed by atoms with Gasteiger partial charge in [-0.2, -0.15) is 4.98 Å². The standard InChI is InChI=1S/C20H19N5OS/c1-3-17-21-18(26-24-17)13-27-20-23-22-19(15-7-5-4-6-8-15)25(20)16-11-9-14(2)10-12-16/h4-12H,3,13H2,1-2H3. The lowest BCUT2D eigenvalue weighted by molar-refractivity contribution is 0.385. The Morgan fingerprint density at radius 3 is 2.48 bits per heavy atom. The third kappa shape index (κ3) is 3.78. The maximum absolute atomic E-state index is 5.29. The molecule has 0 atom stereocenters. The zero-order chi connectivity index (χ0) is 18.6. The molecule has 0 saturated carbocycles. The normalized spacial score (nSPS) is 11.0. The van der Waals surface area contributed by atoms with Crippen LogP contribution < -0.4 is 0 Å². The van der Waals surface area contributed by atoms with Gasteiger partial charge < -0.3 is 4.52 Å². The highest BCUT2D eigenvalue weighted by Crippen LogP contribution is 2.29. The largest absolute Gasteiger partial charge is 0.338 e. The van der Waals surface area contributed by atoms with Gasteiger partial charge >= 0.3 is 0 Å². The number of aryl methyl sites for hydroxylation is 2. The molecule has 0 spiro atoms. The van der Waals surface area contributed by atoms with Crippen LogP contribution in [0.1, 0.15) is 24.2 Å². The number of benzene rings is 2. The SMILES string of the molecule is CCc1noc(CSc2nnc(-c3ccccc3)n2-c2ccc(C)cc2)n1. The van der Waals surface area contributed by atoms with E-state index in [1.54, 1.807) is 0 Å². The van der Waals surface area contributed by atoms with Crippen LogP contribution in [0, 0.1) is 6.92 Å². The molecular formula is C20H19N5OS. The first-order chi connectivity index (χ1) is 13.2. The minimum atomic E-state index is 0.547. The van der Waals surface area contributed by atoms with Crippen molar-refractivity contribution in [2.24, 2.45) is 0 Å². The Balaban J connectivity index is 1.70. The van der Waals surface area contributed by atoms with E-state index in [4.69, 9.17) is 4.52 Å². The molecule has 4 aromatic rings. The maximum Gasteiger partial charge on any atom is 0.237 e. The molecular weight excluding hydrogens is 358 g/mol. The lowest BCUT2D eigenvalue weighted by atomic mass is 10.2. The van der Waals surface area contributed by atoms with Gasteiger partial charge in [0.1, 0.15) is 0 Å². The summed E-state index contributed by atoms with van der Waals surface area (Å²) in [6.45, 7) is 4.08. The second-order valence-electron chi connectivity index (χ2n) is 6.09. The van der Waals surface area contributed by atoms with Crippen LogP contribution in [0.5, 0.6) is 0 Å². The van der Waals surface area contributed by atoms with Gasteiger partial charge in [0.15, 0.2) is 16.8 Å². The summed E-state index contributed by atoms with van der Waals surface area (Å²) in [6, 6.07) is 18.4. The maximum atomic E-state index is 5.29. The molecule has 2 aromatic carbocycles. The first kappa shape index (κ1) is 17.5. The monoisotopic (exact) mass is 377 g/mol. The van der Waals surface area contributed by atoms with Crippen molar-refractivity contribution in [1.82, 2.24) is 24.9 Å². The van der Waals surface area contributed by atoms with Crippen molar-refractivity contribution in [2.45, 2.75) is 31.2 Å². The molecule has 7 heteroatoms. The molecule has 0 fully saturated rings. The van der Waals surface area contributed by atoms with Crippen LogP contribution in [-0.2, 0) is 12.2 Å². The van der Waals surface area contributed by atoms with Crippen LogP contribution >= 0.6 is 11.8 Å². The van der Waals surface area contributed by atoms with Gasteiger partial charge in [-0.25, -0.2) is 0 Å². The highest BCUT2D eigenvalue weighted by Gasteiger charge is 2.17. The quantitative estimate of drug-likeness (QED) is 0.461. The number of hydrogen-bond donors (Lipinski definition) is 0. The molecule has 2 aromatic heterocycles. The van der Waals surface area contributed by atoms with Gasteiger partial charge in [-0.05, 0) is 19.1 Å². The molecule has 0 bridgehead atoms. The average molecular weight is 377 g/mol. The summed E-state index contributed by atoms with van der Waals surface area (Å²) in [6.07, 6.45) is 0.756. The fourth-order valence-electron chi connectivity index (χ4n) is 2.68. The molecule has 136 valence electrons. The summed E-state index contributed by atoms with van der Waals surface area (Å²) in [4.78, 5) is 4.37. The van der Waals surface area contributed by atoms with E-state index in [0.717, 1.165) is 34.5 Å². The van der Waals surface area contributed by atoms with Gasteiger partial charge in [0.05, 0.1) is 5.75 Å². The first-order valence-electron chi connectivity index (χ1n) is 8.76. The first-order valence-corrected chi connectivity index (χ1v) is 9.75. The Morgan fingerprint density at radius 2 is 1.78 bits per heavy atom. The number of hydrogen-bond acceptors (Lipinski definition) is 6. The lowest BCUT2D eigenvalue weighted by Crippen LogP contribution is -2.00. The fourth-order valence-corrected chi connectivity index (χ4v) is 3.47. The lowest BCUT2D eigenvalue weighted by Gasteiger charge is -2.10. The molecule has 27 heavy (non-hydrogen) atoms. The van der Waals surface area contributed by atoms with Gasteiger partial charge in [-0.1, -0.05) is 71.9 Å². The Kier molecular flexibility index (Phi) is 5.02. The number of aromatic nitrogens is 5. The number of nitrogens with zero attached hydrogens (tertiary/aromatic N) is 5. The van der Waals surface area contributed by atoms with E-state index in [2.05, 4.69) is 56.1 Å². The van der Waals surface area contributed by atoms with Crippen molar-refractivity contribution in [1.29, 1.82) is 0 Å². The molecule has 0 aliphatic carbocycles. The summed E-state index contributed by atoms with van der Waals surface area (Å²) < 4.78 is 7.36. The molecule has 0 radical (unpaired) electrons. The highest BCUT2D eigenvalue weighted by atomic mass is 32.2. The summed E-state index contributed by atoms with van der Waals surface area (Å²) in [5.41, 5.74) is 3.25. The Labute approximate surface area is 161 Å². The average Bonchev–Trinajstić information content (AvgIpc) is 3.34. The second-order valence-corrected chi connectivity index (χ2v) is 7.03. The molecule has 4 rings (SSSR count). The highest BCUT2D eigenvalue weighted by molar-refractivity contribution is 7.98. The van der Waals surface area contributed by atoms with Crippen molar-refractivity contribution >= 4 is 11.8 Å². The van der Waals surface area contributed by atoms with Gasteiger partial charge in [0.25, 0.3) is 0 Å². The second kappa shape index (κ2) is 7.75. The molecule has 0 N–H and O–H groups in total. The summed E-state index contributed by atoms with van der Waals surface area (Å²) in [7, 11) is 0. The van der Waals surface area contributed by atoms with E-state index in [1.165, 1.54) is 17.3 Å². The van der Waals surface area contributed by atoms with Gasteiger partial charge in [0, 0.05) is 17.7 Å². The van der Waals surface area contributed by atoms with E-state index >= 15 is 0 Å². The zero-order valence-electron chi connectivity index (χ0n) is 15.2. The van der Waals surface area contributed by atoms with Gasteiger partial charge in [-0.3, -0.25) is 4.57 Å². The topological polar surface area (TPSA) is 69.6 Å². The van der Waals surface area contributed by atoms with Crippen LogP contribution in [-0.4, -0.2) is 24.9 Å². The van der Waals surface area contributed by atoms with Crippen LogP contribution in [0.15, 0.2) is 64.3 Å². The van der Waals surface area contributed by atoms with Crippen LogP contribution in [0.2, 0.25) is 0 Å². The van der Waals surface area contributed by atoms with Crippen molar-refractivity contribution in [2.75, 3.05) is 0 Å². The number of rotatable bonds is 6. The predicted molar refractivity (Wildman–Crippen MR) is 105 cm³/mol. The van der Waals surface area contributed by atoms with Crippen molar-refractivity contribution in [3.63, 3.8) is 0 Å². The minimum absolute atomic E-state index is 0.547. The van der Waals surface area contributed by atoms with Crippen molar-refractivity contribution in [3.05, 3.63) is 71.9 Å². The Morgan fingerprint density at radius 1 is 1.00 bits per heavy atom. The molecule has 2 heterocycles. The van der Waals surface area contributed by atoms with Crippen molar-refractivity contribution in [3.8, 4) is 17.1 Å². The van der Waals surface area contributed by atoms with E-state index < -0.39 is 0 Å². The molecule has 0 aliphatic rings. The molecule has 0 unspecified atom stereocenters. The van der Waals surface area contributed by atoms with E-state index in [0.29, 0.717) is 11.6 Å². The Hall–Kier alpha value is -2.93. The third-order valence-electron chi connectivity index (χ3n) is 4.11. The summed E-state index contributed by atoms with van der Waals surface area (Å²) in [5, 5.41) is 13.6. The predicted octanol–water partition coefficient (Wildman–Crippen LogP) is 4.48. The van der Waals surface area contributed by atoms with Crippen LogP contribution in [0.25, 0.3) is 17.1 Å². The van der Waals surface area contributed by atoms with E-state index in [1.807, 2.05) is 37.3 Å². The number of thioether (sulfide) groups is 1.